The zero-order valence-corrected chi connectivity index (χ0v) is 29.7. The Bertz CT molecular complexity index is 2770. The van der Waals surface area contributed by atoms with E-state index < -0.39 is 0 Å². The number of allylic oxidation sites excluding steroid dienone is 3. The van der Waals surface area contributed by atoms with Gasteiger partial charge in [-0.05, 0) is 95.3 Å². The number of hydrogen-bond donors (Lipinski definition) is 0. The first-order valence-corrected chi connectivity index (χ1v) is 18.3. The Labute approximate surface area is 305 Å². The topological polar surface area (TPSA) is 9.86 Å². The summed E-state index contributed by atoms with van der Waals surface area (Å²) >= 11 is 0. The molecule has 7 aromatic carbocycles. The number of benzene rings is 7. The minimum Gasteiger partial charge on any atom is -0.309 e. The van der Waals surface area contributed by atoms with E-state index in [1.807, 2.05) is 19.1 Å². The maximum Gasteiger partial charge on any atom is 0.0541 e. The van der Waals surface area contributed by atoms with Crippen molar-refractivity contribution in [3.05, 3.63) is 193 Å². The van der Waals surface area contributed by atoms with Crippen LogP contribution in [0.15, 0.2) is 182 Å². The molecule has 2 aromatic heterocycles. The Kier molecular flexibility index (Phi) is 7.94. The average Bonchev–Trinajstić information content (AvgIpc) is 3.86. The number of aromatic nitrogens is 2. The lowest BCUT2D eigenvalue weighted by Crippen LogP contribution is -1.99. The van der Waals surface area contributed by atoms with E-state index in [0.717, 1.165) is 12.8 Å². The van der Waals surface area contributed by atoms with Gasteiger partial charge in [0, 0.05) is 33.7 Å². The van der Waals surface area contributed by atoms with E-state index in [0.29, 0.717) is 0 Å². The molecule has 0 radical (unpaired) electrons. The molecule has 0 unspecified atom stereocenters. The van der Waals surface area contributed by atoms with E-state index >= 15 is 0 Å². The van der Waals surface area contributed by atoms with Gasteiger partial charge < -0.3 is 9.13 Å². The van der Waals surface area contributed by atoms with Gasteiger partial charge in [-0.3, -0.25) is 0 Å². The van der Waals surface area contributed by atoms with E-state index in [4.69, 9.17) is 0 Å². The van der Waals surface area contributed by atoms with Crippen LogP contribution in [-0.4, -0.2) is 9.13 Å². The molecule has 0 aliphatic heterocycles. The van der Waals surface area contributed by atoms with E-state index in [1.165, 1.54) is 93.9 Å². The van der Waals surface area contributed by atoms with Crippen LogP contribution in [-0.2, 0) is 6.42 Å². The zero-order valence-electron chi connectivity index (χ0n) is 29.7. The molecule has 250 valence electrons. The second-order valence-corrected chi connectivity index (χ2v) is 13.7. The molecule has 0 saturated carbocycles. The van der Waals surface area contributed by atoms with Gasteiger partial charge in [0.25, 0.3) is 0 Å². The fourth-order valence-electron chi connectivity index (χ4n) is 8.12. The van der Waals surface area contributed by atoms with Gasteiger partial charge in [0.15, 0.2) is 0 Å². The Morgan fingerprint density at radius 3 is 1.83 bits per heavy atom. The number of fused-ring (bicyclic) bond motifs is 9. The van der Waals surface area contributed by atoms with Gasteiger partial charge in [-0.15, -0.1) is 0 Å². The lowest BCUT2D eigenvalue weighted by atomic mass is 10.0. The van der Waals surface area contributed by atoms with Crippen molar-refractivity contribution in [2.75, 3.05) is 0 Å². The molecule has 0 amide bonds. The first-order valence-electron chi connectivity index (χ1n) is 18.3. The Morgan fingerprint density at radius 1 is 0.558 bits per heavy atom. The summed E-state index contributed by atoms with van der Waals surface area (Å²) in [6, 6.07) is 57.8. The van der Waals surface area contributed by atoms with Crippen LogP contribution < -0.4 is 0 Å². The molecule has 9 aromatic rings. The molecule has 0 saturated heterocycles. The van der Waals surface area contributed by atoms with Crippen LogP contribution in [0.4, 0.5) is 0 Å². The van der Waals surface area contributed by atoms with Crippen molar-refractivity contribution in [2.24, 2.45) is 0 Å². The fraction of sp³-hybridized carbons (Fsp3) is 0.0800. The van der Waals surface area contributed by atoms with Crippen LogP contribution >= 0.6 is 0 Å². The van der Waals surface area contributed by atoms with Gasteiger partial charge >= 0.3 is 0 Å². The molecule has 2 nitrogen and oxygen atoms in total. The second-order valence-electron chi connectivity index (χ2n) is 13.7. The number of para-hydroxylation sites is 3. The molecule has 52 heavy (non-hydrogen) atoms. The maximum absolute atomic E-state index is 3.78. The smallest absolute Gasteiger partial charge is 0.0541 e. The van der Waals surface area contributed by atoms with E-state index in [1.54, 1.807) is 0 Å². The first kappa shape index (κ1) is 31.6. The standard InChI is InChI=1S/C43H28N2.C7H12/c1-2-11-28(12-3-1)29-22-24-43-38(25-29)35-15-6-9-19-41(35)45(43)42-20-10-16-32-36-27-31(23-21-30(36)26-37(32)42)44-39-17-7-4-13-33(39)34-14-5-8-18-40(34)44;1-4-6-7(3)5-2/h1-25,27H,26H2;4,6H,3,5H2,1-2H3/b;6-4-. The zero-order chi connectivity index (χ0) is 35.2. The van der Waals surface area contributed by atoms with Gasteiger partial charge in [0.05, 0.1) is 27.8 Å². The highest BCUT2D eigenvalue weighted by molar-refractivity contribution is 6.11. The van der Waals surface area contributed by atoms with E-state index in [2.05, 4.69) is 180 Å². The van der Waals surface area contributed by atoms with Crippen LogP contribution in [0.3, 0.4) is 0 Å². The van der Waals surface area contributed by atoms with E-state index in [9.17, 15) is 0 Å². The summed E-state index contributed by atoms with van der Waals surface area (Å²) in [4.78, 5) is 0. The highest BCUT2D eigenvalue weighted by Gasteiger charge is 2.25. The Hall–Kier alpha value is -6.38. The van der Waals surface area contributed by atoms with Gasteiger partial charge in [0.1, 0.15) is 0 Å². The number of rotatable bonds is 5. The normalized spacial score (nSPS) is 12.0. The second kappa shape index (κ2) is 13.1. The Morgan fingerprint density at radius 2 is 1.17 bits per heavy atom. The summed E-state index contributed by atoms with van der Waals surface area (Å²) < 4.78 is 4.90. The maximum atomic E-state index is 3.78. The molecule has 1 aliphatic carbocycles. The molecule has 0 fully saturated rings. The van der Waals surface area contributed by atoms with Crippen molar-refractivity contribution < 1.29 is 0 Å². The minimum absolute atomic E-state index is 0.921. The molecule has 0 atom stereocenters. The van der Waals surface area contributed by atoms with Crippen molar-refractivity contribution in [3.63, 3.8) is 0 Å². The van der Waals surface area contributed by atoms with Crippen LogP contribution in [0.1, 0.15) is 31.4 Å². The summed E-state index contributed by atoms with van der Waals surface area (Å²) in [6.45, 7) is 7.88. The third-order valence-electron chi connectivity index (χ3n) is 10.6. The fourth-order valence-corrected chi connectivity index (χ4v) is 8.12. The molecule has 0 N–H and O–H groups in total. The lowest BCUT2D eigenvalue weighted by molar-refractivity contribution is 1.12. The number of nitrogens with zero attached hydrogens (tertiary/aromatic N) is 2. The highest BCUT2D eigenvalue weighted by atomic mass is 15.0. The van der Waals surface area contributed by atoms with Crippen molar-refractivity contribution in [1.29, 1.82) is 0 Å². The van der Waals surface area contributed by atoms with Gasteiger partial charge in [-0.1, -0.05) is 140 Å². The molecule has 10 rings (SSSR count). The lowest BCUT2D eigenvalue weighted by Gasteiger charge is -2.13. The van der Waals surface area contributed by atoms with Crippen molar-refractivity contribution in [3.8, 4) is 33.6 Å². The SMILES string of the molecule is C=C(/C=C\C)CC.c1ccc(-c2ccc3c(c2)c2ccccc2n3-c2cccc3c2Cc2ccc(-n4c5ccccc5c5ccccc54)cc2-3)cc1. The van der Waals surface area contributed by atoms with Crippen molar-refractivity contribution >= 4 is 43.6 Å². The largest absolute Gasteiger partial charge is 0.309 e. The monoisotopic (exact) mass is 668 g/mol. The van der Waals surface area contributed by atoms with Crippen LogP contribution in [0, 0.1) is 0 Å². The Balaban J connectivity index is 0.000000471. The molecular formula is C50H40N2. The molecular weight excluding hydrogens is 629 g/mol. The first-order chi connectivity index (χ1) is 25.6. The van der Waals surface area contributed by atoms with Crippen LogP contribution in [0.2, 0.25) is 0 Å². The van der Waals surface area contributed by atoms with Crippen molar-refractivity contribution in [2.45, 2.75) is 26.7 Å². The summed E-state index contributed by atoms with van der Waals surface area (Å²) in [5.41, 5.74) is 16.6. The highest BCUT2D eigenvalue weighted by Crippen LogP contribution is 2.44. The molecule has 2 heteroatoms. The molecule has 0 spiro atoms. The average molecular weight is 669 g/mol. The summed E-state index contributed by atoms with van der Waals surface area (Å²) in [5, 5.41) is 5.15. The minimum atomic E-state index is 0.921. The van der Waals surface area contributed by atoms with Crippen molar-refractivity contribution in [1.82, 2.24) is 9.13 Å². The molecule has 2 heterocycles. The third kappa shape index (κ3) is 5.18. The van der Waals surface area contributed by atoms with Crippen LogP contribution in [0.5, 0.6) is 0 Å². The summed E-state index contributed by atoms with van der Waals surface area (Å²) in [7, 11) is 0. The molecule has 1 aliphatic rings. The summed E-state index contributed by atoms with van der Waals surface area (Å²) in [5.74, 6) is 0. The van der Waals surface area contributed by atoms with E-state index in [-0.39, 0.29) is 0 Å². The van der Waals surface area contributed by atoms with Gasteiger partial charge in [-0.2, -0.15) is 0 Å². The quantitative estimate of drug-likeness (QED) is 0.162. The van der Waals surface area contributed by atoms with Gasteiger partial charge in [0.2, 0.25) is 0 Å². The predicted molar refractivity (Wildman–Crippen MR) is 223 cm³/mol. The number of hydrogen-bond acceptors (Lipinski definition) is 0. The van der Waals surface area contributed by atoms with Crippen LogP contribution in [0.25, 0.3) is 77.2 Å². The predicted octanol–water partition coefficient (Wildman–Crippen LogP) is 13.6. The van der Waals surface area contributed by atoms with Gasteiger partial charge in [-0.25, -0.2) is 0 Å². The molecule has 0 bridgehead atoms. The summed E-state index contributed by atoms with van der Waals surface area (Å²) in [6.07, 6.45) is 6.01. The third-order valence-corrected chi connectivity index (χ3v) is 10.6.